The van der Waals surface area contributed by atoms with Crippen molar-refractivity contribution in [3.63, 3.8) is 0 Å². The molecule has 0 spiro atoms. The molecule has 11 heavy (non-hydrogen) atoms. The van der Waals surface area contributed by atoms with Crippen LogP contribution in [-0.2, 0) is 0 Å². The van der Waals surface area contributed by atoms with Crippen LogP contribution in [0.5, 0.6) is 0 Å². The molecule has 0 rings (SSSR count). The van der Waals surface area contributed by atoms with Crippen LogP contribution in [0.3, 0.4) is 0 Å². The Morgan fingerprint density at radius 1 is 1.00 bits per heavy atom. The fourth-order valence-corrected chi connectivity index (χ4v) is 1.72. The van der Waals surface area contributed by atoms with E-state index in [4.69, 9.17) is 0 Å². The third-order valence-electron chi connectivity index (χ3n) is 2.82. The molecule has 0 aromatic heterocycles. The lowest BCUT2D eigenvalue weighted by Gasteiger charge is -2.25. The maximum Gasteiger partial charge on any atom is 0.0565 e. The van der Waals surface area contributed by atoms with Gasteiger partial charge in [-0.1, -0.05) is 40.5 Å². The van der Waals surface area contributed by atoms with Gasteiger partial charge in [-0.25, -0.2) is 0 Å². The van der Waals surface area contributed by atoms with Crippen molar-refractivity contribution in [2.45, 2.75) is 53.1 Å². The highest BCUT2D eigenvalue weighted by Crippen LogP contribution is 2.23. The van der Waals surface area contributed by atoms with Gasteiger partial charge in [-0.2, -0.15) is 0 Å². The zero-order valence-electron chi connectivity index (χ0n) is 8.30. The van der Waals surface area contributed by atoms with Crippen LogP contribution in [0.25, 0.3) is 0 Å². The molecular formula is C10H22O. The Bertz CT molecular complexity index is 86.9. The van der Waals surface area contributed by atoms with Gasteiger partial charge in [0, 0.05) is 0 Å². The molecule has 1 heteroatoms. The van der Waals surface area contributed by atoms with Gasteiger partial charge in [0.05, 0.1) is 6.10 Å². The van der Waals surface area contributed by atoms with Crippen molar-refractivity contribution >= 4 is 0 Å². The maximum atomic E-state index is 9.56. The zero-order valence-corrected chi connectivity index (χ0v) is 8.30. The lowest BCUT2D eigenvalue weighted by molar-refractivity contribution is 0.0761. The van der Waals surface area contributed by atoms with Gasteiger partial charge in [0.25, 0.3) is 0 Å². The van der Waals surface area contributed by atoms with Gasteiger partial charge in [0.15, 0.2) is 0 Å². The molecule has 0 amide bonds. The van der Waals surface area contributed by atoms with Crippen LogP contribution in [0.15, 0.2) is 0 Å². The molecule has 0 bridgehead atoms. The third-order valence-corrected chi connectivity index (χ3v) is 2.82. The monoisotopic (exact) mass is 158 g/mol. The number of aliphatic hydroxyl groups is 1. The highest BCUT2D eigenvalue weighted by atomic mass is 16.3. The van der Waals surface area contributed by atoms with Crippen LogP contribution in [0, 0.1) is 11.8 Å². The second-order valence-corrected chi connectivity index (χ2v) is 3.41. The summed E-state index contributed by atoms with van der Waals surface area (Å²) < 4.78 is 0. The van der Waals surface area contributed by atoms with Crippen molar-refractivity contribution in [1.82, 2.24) is 0 Å². The van der Waals surface area contributed by atoms with Gasteiger partial charge in [0.1, 0.15) is 0 Å². The second-order valence-electron chi connectivity index (χ2n) is 3.41. The summed E-state index contributed by atoms with van der Waals surface area (Å²) in [6.07, 6.45) is 3.17. The predicted molar refractivity (Wildman–Crippen MR) is 49.5 cm³/mol. The Hall–Kier alpha value is -0.0400. The summed E-state index contributed by atoms with van der Waals surface area (Å²) in [6.45, 7) is 8.61. The summed E-state index contributed by atoms with van der Waals surface area (Å²) in [5.74, 6) is 1.17. The van der Waals surface area contributed by atoms with E-state index in [9.17, 15) is 5.11 Å². The average molecular weight is 158 g/mol. The SMILES string of the molecule is CCC(O)C(C)C(CC)CC. The normalized spacial score (nSPS) is 16.9. The highest BCUT2D eigenvalue weighted by molar-refractivity contribution is 4.70. The molecule has 0 aromatic carbocycles. The van der Waals surface area contributed by atoms with Gasteiger partial charge in [-0.15, -0.1) is 0 Å². The van der Waals surface area contributed by atoms with Crippen molar-refractivity contribution in [1.29, 1.82) is 0 Å². The molecule has 1 N–H and O–H groups in total. The van der Waals surface area contributed by atoms with Crippen molar-refractivity contribution in [3.05, 3.63) is 0 Å². The summed E-state index contributed by atoms with van der Waals surface area (Å²) in [5, 5.41) is 9.56. The van der Waals surface area contributed by atoms with E-state index in [0.717, 1.165) is 6.42 Å². The Balaban J connectivity index is 3.86. The summed E-state index contributed by atoms with van der Waals surface area (Å²) >= 11 is 0. The van der Waals surface area contributed by atoms with E-state index in [1.165, 1.54) is 12.8 Å². The van der Waals surface area contributed by atoms with Crippen LogP contribution in [0.4, 0.5) is 0 Å². The molecular weight excluding hydrogens is 136 g/mol. The van der Waals surface area contributed by atoms with Gasteiger partial charge < -0.3 is 5.11 Å². The van der Waals surface area contributed by atoms with E-state index in [2.05, 4.69) is 20.8 Å². The topological polar surface area (TPSA) is 20.2 Å². The lowest BCUT2D eigenvalue weighted by Crippen LogP contribution is -2.23. The lowest BCUT2D eigenvalue weighted by atomic mass is 9.84. The minimum absolute atomic E-state index is 0.0973. The molecule has 0 aliphatic heterocycles. The minimum Gasteiger partial charge on any atom is -0.393 e. The van der Waals surface area contributed by atoms with Crippen LogP contribution >= 0.6 is 0 Å². The first-order chi connectivity index (χ1) is 5.17. The van der Waals surface area contributed by atoms with E-state index in [-0.39, 0.29) is 6.10 Å². The van der Waals surface area contributed by atoms with Crippen molar-refractivity contribution in [2.75, 3.05) is 0 Å². The molecule has 0 saturated carbocycles. The summed E-state index contributed by atoms with van der Waals surface area (Å²) in [7, 11) is 0. The Morgan fingerprint density at radius 3 is 1.73 bits per heavy atom. The molecule has 2 unspecified atom stereocenters. The van der Waals surface area contributed by atoms with Crippen LogP contribution in [0.1, 0.15) is 47.0 Å². The number of hydrogen-bond donors (Lipinski definition) is 1. The van der Waals surface area contributed by atoms with E-state index >= 15 is 0 Å². The first-order valence-corrected chi connectivity index (χ1v) is 4.85. The van der Waals surface area contributed by atoms with Crippen LogP contribution in [0.2, 0.25) is 0 Å². The Labute approximate surface area is 70.8 Å². The summed E-state index contributed by atoms with van der Waals surface area (Å²) in [5.41, 5.74) is 0. The first-order valence-electron chi connectivity index (χ1n) is 4.85. The number of hydrogen-bond acceptors (Lipinski definition) is 1. The second kappa shape index (κ2) is 5.59. The molecule has 68 valence electrons. The fraction of sp³-hybridized carbons (Fsp3) is 1.00. The smallest absolute Gasteiger partial charge is 0.0565 e. The van der Waals surface area contributed by atoms with Gasteiger partial charge >= 0.3 is 0 Å². The average Bonchev–Trinajstić information content (AvgIpc) is 2.05. The largest absolute Gasteiger partial charge is 0.393 e. The zero-order chi connectivity index (χ0) is 8.85. The van der Waals surface area contributed by atoms with E-state index in [0.29, 0.717) is 11.8 Å². The third kappa shape index (κ3) is 3.24. The Kier molecular flexibility index (Phi) is 5.57. The van der Waals surface area contributed by atoms with E-state index in [1.54, 1.807) is 0 Å². The minimum atomic E-state index is -0.0973. The summed E-state index contributed by atoms with van der Waals surface area (Å²) in [6, 6.07) is 0. The molecule has 0 saturated heterocycles. The predicted octanol–water partition coefficient (Wildman–Crippen LogP) is 2.83. The molecule has 0 aliphatic carbocycles. The quantitative estimate of drug-likeness (QED) is 0.652. The number of rotatable bonds is 5. The van der Waals surface area contributed by atoms with Gasteiger partial charge in [-0.05, 0) is 18.3 Å². The van der Waals surface area contributed by atoms with Crippen molar-refractivity contribution in [2.24, 2.45) is 11.8 Å². The van der Waals surface area contributed by atoms with Crippen LogP contribution < -0.4 is 0 Å². The molecule has 2 atom stereocenters. The Morgan fingerprint density at radius 2 is 1.45 bits per heavy atom. The van der Waals surface area contributed by atoms with Gasteiger partial charge in [0.2, 0.25) is 0 Å². The van der Waals surface area contributed by atoms with E-state index in [1.807, 2.05) is 6.92 Å². The van der Waals surface area contributed by atoms with Crippen molar-refractivity contribution in [3.8, 4) is 0 Å². The molecule has 0 aliphatic rings. The fourth-order valence-electron chi connectivity index (χ4n) is 1.72. The van der Waals surface area contributed by atoms with E-state index < -0.39 is 0 Å². The number of aliphatic hydroxyl groups excluding tert-OH is 1. The molecule has 0 fully saturated rings. The summed E-state index contributed by atoms with van der Waals surface area (Å²) in [4.78, 5) is 0. The van der Waals surface area contributed by atoms with Crippen molar-refractivity contribution < 1.29 is 5.11 Å². The molecule has 0 heterocycles. The van der Waals surface area contributed by atoms with Crippen LogP contribution in [-0.4, -0.2) is 11.2 Å². The molecule has 1 nitrogen and oxygen atoms in total. The molecule has 0 aromatic rings. The van der Waals surface area contributed by atoms with Gasteiger partial charge in [-0.3, -0.25) is 0 Å². The standard InChI is InChI=1S/C10H22O/c1-5-9(6-2)8(4)10(11)7-3/h8-11H,5-7H2,1-4H3. The highest BCUT2D eigenvalue weighted by Gasteiger charge is 2.19. The first kappa shape index (κ1) is 11.0. The molecule has 0 radical (unpaired) electrons. The maximum absolute atomic E-state index is 9.56.